The van der Waals surface area contributed by atoms with E-state index in [-0.39, 0.29) is 12.8 Å². The lowest BCUT2D eigenvalue weighted by molar-refractivity contribution is -0.215. The van der Waals surface area contributed by atoms with Gasteiger partial charge in [0.2, 0.25) is 0 Å². The molecule has 0 aromatic heterocycles. The van der Waals surface area contributed by atoms with Crippen LogP contribution in [0.15, 0.2) is 0 Å². The van der Waals surface area contributed by atoms with Gasteiger partial charge in [-0.15, -0.1) is 0 Å². The molecular weight excluding hydrogens is 279 g/mol. The summed E-state index contributed by atoms with van der Waals surface area (Å²) in [6.45, 7) is 2.04. The summed E-state index contributed by atoms with van der Waals surface area (Å²) in [5.74, 6) is -1.13. The van der Waals surface area contributed by atoms with Crippen LogP contribution in [-0.4, -0.2) is 16.9 Å². The van der Waals surface area contributed by atoms with E-state index in [1.807, 2.05) is 6.92 Å². The van der Waals surface area contributed by atoms with E-state index in [4.69, 9.17) is 0 Å². The quantitative estimate of drug-likeness (QED) is 0.811. The van der Waals surface area contributed by atoms with Crippen molar-refractivity contribution in [1.82, 2.24) is 0 Å². The first-order valence-electron chi connectivity index (χ1n) is 7.97. The molecular formula is C16H24F3NO. The van der Waals surface area contributed by atoms with Crippen molar-refractivity contribution in [2.24, 2.45) is 17.3 Å². The molecule has 2 rings (SSSR count). The highest BCUT2D eigenvalue weighted by Gasteiger charge is 2.57. The summed E-state index contributed by atoms with van der Waals surface area (Å²) < 4.78 is 39.1. The molecule has 2 aliphatic rings. The fraction of sp³-hybridized carbons (Fsp3) is 0.938. The van der Waals surface area contributed by atoms with Crippen LogP contribution >= 0.6 is 0 Å². The second kappa shape index (κ2) is 5.79. The first-order valence-corrected chi connectivity index (χ1v) is 7.97. The molecule has 1 N–H and O–H groups in total. The minimum atomic E-state index is -4.27. The van der Waals surface area contributed by atoms with Crippen molar-refractivity contribution in [3.05, 3.63) is 0 Å². The van der Waals surface area contributed by atoms with Gasteiger partial charge < -0.3 is 5.11 Å². The normalized spacial score (nSPS) is 41.5. The summed E-state index contributed by atoms with van der Waals surface area (Å²) >= 11 is 0. The SMILES string of the molecule is CCC1CCCC(C#N)(C2(O)CCCC(C(F)(F)F)C2)C1. The van der Waals surface area contributed by atoms with E-state index >= 15 is 0 Å². The fourth-order valence-electron chi connectivity index (χ4n) is 4.33. The van der Waals surface area contributed by atoms with Crippen molar-refractivity contribution in [2.45, 2.75) is 76.5 Å². The molecule has 0 aliphatic heterocycles. The van der Waals surface area contributed by atoms with Crippen LogP contribution in [0.1, 0.15) is 64.7 Å². The van der Waals surface area contributed by atoms with E-state index in [9.17, 15) is 23.5 Å². The second-order valence-corrected chi connectivity index (χ2v) is 6.93. The molecule has 0 heterocycles. The minimum Gasteiger partial charge on any atom is -0.388 e. The van der Waals surface area contributed by atoms with Gasteiger partial charge in [-0.3, -0.25) is 0 Å². The third-order valence-corrected chi connectivity index (χ3v) is 5.73. The molecule has 120 valence electrons. The van der Waals surface area contributed by atoms with Crippen LogP contribution in [0.2, 0.25) is 0 Å². The molecule has 0 aromatic rings. The Morgan fingerprint density at radius 2 is 1.86 bits per heavy atom. The number of rotatable bonds is 2. The predicted molar refractivity (Wildman–Crippen MR) is 73.3 cm³/mol. The van der Waals surface area contributed by atoms with Gasteiger partial charge in [0.1, 0.15) is 0 Å². The summed E-state index contributed by atoms with van der Waals surface area (Å²) in [5.41, 5.74) is -2.47. The third kappa shape index (κ3) is 3.06. The van der Waals surface area contributed by atoms with Crippen molar-refractivity contribution in [3.8, 4) is 6.07 Å². The Bertz CT molecular complexity index is 417. The van der Waals surface area contributed by atoms with Gasteiger partial charge in [0.25, 0.3) is 0 Å². The molecule has 2 nitrogen and oxygen atoms in total. The highest BCUT2D eigenvalue weighted by molar-refractivity contribution is 5.15. The van der Waals surface area contributed by atoms with E-state index in [1.165, 1.54) is 0 Å². The van der Waals surface area contributed by atoms with Gasteiger partial charge in [-0.25, -0.2) is 0 Å². The number of hydrogen-bond acceptors (Lipinski definition) is 2. The molecule has 4 atom stereocenters. The molecule has 0 saturated heterocycles. The number of halogens is 3. The summed E-state index contributed by atoms with van der Waals surface area (Å²) in [6.07, 6.45) is -0.00645. The zero-order chi connectivity index (χ0) is 15.7. The molecule has 2 fully saturated rings. The zero-order valence-corrected chi connectivity index (χ0v) is 12.5. The number of hydrogen-bond donors (Lipinski definition) is 1. The monoisotopic (exact) mass is 303 g/mol. The van der Waals surface area contributed by atoms with Crippen molar-refractivity contribution in [2.75, 3.05) is 0 Å². The van der Waals surface area contributed by atoms with Gasteiger partial charge in [0.15, 0.2) is 0 Å². The molecule has 21 heavy (non-hydrogen) atoms. The number of nitriles is 1. The Kier molecular flexibility index (Phi) is 4.58. The van der Waals surface area contributed by atoms with Gasteiger partial charge in [-0.2, -0.15) is 18.4 Å². The van der Waals surface area contributed by atoms with Crippen LogP contribution in [0.5, 0.6) is 0 Å². The lowest BCUT2D eigenvalue weighted by atomic mass is 9.56. The molecule has 0 amide bonds. The van der Waals surface area contributed by atoms with Crippen molar-refractivity contribution < 1.29 is 18.3 Å². The lowest BCUT2D eigenvalue weighted by Crippen LogP contribution is -2.54. The predicted octanol–water partition coefficient (Wildman–Crippen LogP) is 4.58. The van der Waals surface area contributed by atoms with Gasteiger partial charge in [0.05, 0.1) is 23.0 Å². The summed E-state index contributed by atoms with van der Waals surface area (Å²) in [5, 5.41) is 20.6. The minimum absolute atomic E-state index is 0.0739. The first kappa shape index (κ1) is 16.6. The molecule has 4 unspecified atom stereocenters. The van der Waals surface area contributed by atoms with Crippen LogP contribution in [0, 0.1) is 28.6 Å². The Morgan fingerprint density at radius 1 is 1.19 bits per heavy atom. The number of aliphatic hydroxyl groups is 1. The maximum atomic E-state index is 13.0. The van der Waals surface area contributed by atoms with Gasteiger partial charge in [0, 0.05) is 0 Å². The van der Waals surface area contributed by atoms with Crippen LogP contribution < -0.4 is 0 Å². The van der Waals surface area contributed by atoms with E-state index < -0.39 is 23.1 Å². The van der Waals surface area contributed by atoms with E-state index in [1.54, 1.807) is 0 Å². The van der Waals surface area contributed by atoms with Crippen LogP contribution in [0.3, 0.4) is 0 Å². The van der Waals surface area contributed by atoms with Crippen LogP contribution in [-0.2, 0) is 0 Å². The molecule has 0 aromatic carbocycles. The summed E-state index contributed by atoms with van der Waals surface area (Å²) in [4.78, 5) is 0. The average molecular weight is 303 g/mol. The molecule has 5 heteroatoms. The maximum absolute atomic E-state index is 13.0. The topological polar surface area (TPSA) is 44.0 Å². The lowest BCUT2D eigenvalue weighted by Gasteiger charge is -2.50. The maximum Gasteiger partial charge on any atom is 0.391 e. The number of nitrogens with zero attached hydrogens (tertiary/aromatic N) is 1. The average Bonchev–Trinajstić information content (AvgIpc) is 2.46. The highest BCUT2D eigenvalue weighted by atomic mass is 19.4. The van der Waals surface area contributed by atoms with Crippen molar-refractivity contribution in [1.29, 1.82) is 5.26 Å². The van der Waals surface area contributed by atoms with E-state index in [2.05, 4.69) is 6.07 Å². The molecule has 0 spiro atoms. The second-order valence-electron chi connectivity index (χ2n) is 6.93. The van der Waals surface area contributed by atoms with E-state index in [0.29, 0.717) is 31.6 Å². The largest absolute Gasteiger partial charge is 0.391 e. The third-order valence-electron chi connectivity index (χ3n) is 5.73. The van der Waals surface area contributed by atoms with Crippen molar-refractivity contribution in [3.63, 3.8) is 0 Å². The zero-order valence-electron chi connectivity index (χ0n) is 12.5. The standard InChI is InChI=1S/C16H24F3NO/c1-2-12-5-3-7-14(9-12,11-20)15(21)8-4-6-13(10-15)16(17,18)19/h12-13,21H,2-10H2,1H3. The number of alkyl halides is 3. The van der Waals surface area contributed by atoms with Gasteiger partial charge in [-0.05, 0) is 44.4 Å². The van der Waals surface area contributed by atoms with Crippen LogP contribution in [0.4, 0.5) is 13.2 Å². The van der Waals surface area contributed by atoms with Gasteiger partial charge in [-0.1, -0.05) is 26.2 Å². The van der Waals surface area contributed by atoms with Crippen molar-refractivity contribution >= 4 is 0 Å². The highest BCUT2D eigenvalue weighted by Crippen LogP contribution is 2.55. The molecule has 2 aliphatic carbocycles. The molecule has 0 bridgehead atoms. The van der Waals surface area contributed by atoms with Gasteiger partial charge >= 0.3 is 6.18 Å². The Hall–Kier alpha value is -0.760. The molecule has 2 saturated carbocycles. The Morgan fingerprint density at radius 3 is 2.43 bits per heavy atom. The summed E-state index contributed by atoms with van der Waals surface area (Å²) in [7, 11) is 0. The fourth-order valence-corrected chi connectivity index (χ4v) is 4.33. The Balaban J connectivity index is 2.25. The smallest absolute Gasteiger partial charge is 0.388 e. The Labute approximate surface area is 124 Å². The van der Waals surface area contributed by atoms with E-state index in [0.717, 1.165) is 19.3 Å². The molecule has 0 radical (unpaired) electrons. The summed E-state index contributed by atoms with van der Waals surface area (Å²) in [6, 6.07) is 2.25. The first-order chi connectivity index (χ1) is 9.76. The van der Waals surface area contributed by atoms with Crippen LogP contribution in [0.25, 0.3) is 0 Å².